The summed E-state index contributed by atoms with van der Waals surface area (Å²) in [5.74, 6) is 0.194. The largest absolute Gasteiger partial charge is 0.496 e. The number of methoxy groups -OCH3 is 1. The Bertz CT molecular complexity index is 714. The number of ketones is 1. The van der Waals surface area contributed by atoms with Gasteiger partial charge in [0.05, 0.1) is 27.2 Å². The summed E-state index contributed by atoms with van der Waals surface area (Å²) >= 11 is 10.4. The van der Waals surface area contributed by atoms with Gasteiger partial charge in [0.1, 0.15) is 12.4 Å². The molecule has 2 aromatic rings. The first-order chi connectivity index (χ1) is 11.0. The van der Waals surface area contributed by atoms with Crippen LogP contribution >= 0.6 is 38.9 Å². The third-order valence-electron chi connectivity index (χ3n) is 3.02. The number of carbonyl (C=O) groups excluding carboxylic acids is 2. The van der Waals surface area contributed by atoms with Gasteiger partial charge in [0.25, 0.3) is 0 Å². The molecular formula is C16H14BrClO4S. The number of hydrogen-bond donors (Lipinski definition) is 0. The van der Waals surface area contributed by atoms with Gasteiger partial charge in [-0.15, -0.1) is 11.3 Å². The van der Waals surface area contributed by atoms with Crippen LogP contribution in [0.2, 0.25) is 4.34 Å². The number of rotatable bonds is 7. The number of esters is 1. The molecule has 0 saturated carbocycles. The van der Waals surface area contributed by atoms with Gasteiger partial charge in [0.2, 0.25) is 0 Å². The molecule has 1 heterocycles. The summed E-state index contributed by atoms with van der Waals surface area (Å²) in [5.41, 5.74) is 0.836. The van der Waals surface area contributed by atoms with Crippen molar-refractivity contribution in [2.24, 2.45) is 0 Å². The highest BCUT2D eigenvalue weighted by atomic mass is 79.9. The smallest absolute Gasteiger partial charge is 0.306 e. The van der Waals surface area contributed by atoms with Crippen LogP contribution in [0.1, 0.15) is 28.1 Å². The van der Waals surface area contributed by atoms with Crippen molar-refractivity contribution in [1.82, 2.24) is 0 Å². The summed E-state index contributed by atoms with van der Waals surface area (Å²) in [6.45, 7) is 0.153. The van der Waals surface area contributed by atoms with Gasteiger partial charge >= 0.3 is 5.97 Å². The molecular weight excluding hydrogens is 404 g/mol. The predicted octanol–water partition coefficient (Wildman–Crippen LogP) is 4.88. The van der Waals surface area contributed by atoms with E-state index in [4.69, 9.17) is 21.1 Å². The van der Waals surface area contributed by atoms with Crippen LogP contribution in [0.5, 0.6) is 5.75 Å². The Labute approximate surface area is 151 Å². The Morgan fingerprint density at radius 3 is 2.61 bits per heavy atom. The van der Waals surface area contributed by atoms with E-state index in [1.54, 1.807) is 25.3 Å². The molecule has 0 aliphatic carbocycles. The van der Waals surface area contributed by atoms with E-state index in [1.165, 1.54) is 11.3 Å². The Balaban J connectivity index is 1.79. The van der Waals surface area contributed by atoms with Gasteiger partial charge in [-0.3, -0.25) is 9.59 Å². The molecule has 0 unspecified atom stereocenters. The van der Waals surface area contributed by atoms with Crippen molar-refractivity contribution in [3.05, 3.63) is 49.6 Å². The molecule has 0 aliphatic heterocycles. The van der Waals surface area contributed by atoms with Crippen molar-refractivity contribution in [2.75, 3.05) is 7.11 Å². The SMILES string of the molecule is COc1ccc(COC(=O)CCC(=O)c2ccc(Cl)s2)cc1Br. The third-order valence-corrected chi connectivity index (χ3v) is 4.91. The van der Waals surface area contributed by atoms with Crippen LogP contribution in [0.15, 0.2) is 34.8 Å². The maximum atomic E-state index is 11.9. The number of hydrogen-bond acceptors (Lipinski definition) is 5. The van der Waals surface area contributed by atoms with E-state index in [9.17, 15) is 9.59 Å². The van der Waals surface area contributed by atoms with Crippen LogP contribution in [0.25, 0.3) is 0 Å². The highest BCUT2D eigenvalue weighted by molar-refractivity contribution is 9.10. The molecule has 0 amide bonds. The van der Waals surface area contributed by atoms with Gasteiger partial charge in [-0.05, 0) is 45.8 Å². The first-order valence-electron chi connectivity index (χ1n) is 6.76. The molecule has 0 spiro atoms. The number of carbonyl (C=O) groups is 2. The van der Waals surface area contributed by atoms with E-state index in [0.717, 1.165) is 10.0 Å². The van der Waals surface area contributed by atoms with Crippen LogP contribution in [0, 0.1) is 0 Å². The third kappa shape index (κ3) is 5.34. The Morgan fingerprint density at radius 2 is 2.00 bits per heavy atom. The minimum atomic E-state index is -0.409. The van der Waals surface area contributed by atoms with Gasteiger partial charge in [-0.1, -0.05) is 17.7 Å². The fraction of sp³-hybridized carbons (Fsp3) is 0.250. The standard InChI is InChI=1S/C16H14BrClO4S/c1-21-13-4-2-10(8-11(13)17)9-22-16(20)7-3-12(19)14-5-6-15(18)23-14/h2,4-6,8H,3,7,9H2,1H3. The first kappa shape index (κ1) is 18.0. The highest BCUT2D eigenvalue weighted by Gasteiger charge is 2.12. The molecule has 4 nitrogen and oxygen atoms in total. The zero-order valence-corrected chi connectivity index (χ0v) is 15.5. The van der Waals surface area contributed by atoms with Crippen LogP contribution in [-0.4, -0.2) is 18.9 Å². The normalized spacial score (nSPS) is 10.4. The van der Waals surface area contributed by atoms with E-state index in [1.807, 2.05) is 12.1 Å². The number of halogens is 2. The van der Waals surface area contributed by atoms with Crippen molar-refractivity contribution < 1.29 is 19.1 Å². The van der Waals surface area contributed by atoms with Gasteiger partial charge < -0.3 is 9.47 Å². The van der Waals surface area contributed by atoms with Gasteiger partial charge in [-0.25, -0.2) is 0 Å². The first-order valence-corrected chi connectivity index (χ1v) is 8.75. The lowest BCUT2D eigenvalue weighted by atomic mass is 10.2. The molecule has 0 N–H and O–H groups in total. The highest BCUT2D eigenvalue weighted by Crippen LogP contribution is 2.26. The number of Topliss-reactive ketones (excluding diaryl/α,β-unsaturated/α-hetero) is 1. The minimum Gasteiger partial charge on any atom is -0.496 e. The molecule has 122 valence electrons. The second kappa shape index (κ2) is 8.47. The molecule has 0 atom stereocenters. The van der Waals surface area contributed by atoms with Crippen LogP contribution in [0.4, 0.5) is 0 Å². The Kier molecular flexibility index (Phi) is 6.62. The van der Waals surface area contributed by atoms with Gasteiger partial charge in [0, 0.05) is 6.42 Å². The van der Waals surface area contributed by atoms with Crippen molar-refractivity contribution >= 4 is 50.6 Å². The minimum absolute atomic E-state index is 0.0473. The molecule has 1 aromatic carbocycles. The van der Waals surface area contributed by atoms with E-state index in [-0.39, 0.29) is 25.2 Å². The zero-order chi connectivity index (χ0) is 16.8. The van der Waals surface area contributed by atoms with Crippen molar-refractivity contribution in [1.29, 1.82) is 0 Å². The topological polar surface area (TPSA) is 52.6 Å². The molecule has 0 fully saturated rings. The van der Waals surface area contributed by atoms with Crippen LogP contribution in [0.3, 0.4) is 0 Å². The molecule has 0 saturated heterocycles. The number of benzene rings is 1. The molecule has 7 heteroatoms. The molecule has 0 radical (unpaired) electrons. The molecule has 1 aromatic heterocycles. The average Bonchev–Trinajstić information content (AvgIpc) is 2.97. The fourth-order valence-electron chi connectivity index (χ4n) is 1.84. The zero-order valence-electron chi connectivity index (χ0n) is 12.3. The summed E-state index contributed by atoms with van der Waals surface area (Å²) in [6.07, 6.45) is 0.160. The number of ether oxygens (including phenoxy) is 2. The summed E-state index contributed by atoms with van der Waals surface area (Å²) in [4.78, 5) is 24.2. The van der Waals surface area contributed by atoms with Crippen LogP contribution < -0.4 is 4.74 Å². The molecule has 2 rings (SSSR count). The fourth-order valence-corrected chi connectivity index (χ4v) is 3.44. The van der Waals surface area contributed by atoms with Crippen LogP contribution in [-0.2, 0) is 16.1 Å². The predicted molar refractivity (Wildman–Crippen MR) is 93.4 cm³/mol. The maximum absolute atomic E-state index is 11.9. The van der Waals surface area contributed by atoms with Gasteiger partial charge in [0.15, 0.2) is 5.78 Å². The Hall–Kier alpha value is -1.37. The summed E-state index contributed by atoms with van der Waals surface area (Å²) in [5, 5.41) is 0. The summed E-state index contributed by atoms with van der Waals surface area (Å²) in [6, 6.07) is 8.76. The molecule has 23 heavy (non-hydrogen) atoms. The number of thiophene rings is 1. The second-order valence-electron chi connectivity index (χ2n) is 4.66. The van der Waals surface area contributed by atoms with Crippen molar-refractivity contribution in [2.45, 2.75) is 19.4 Å². The Morgan fingerprint density at radius 1 is 1.22 bits per heavy atom. The van der Waals surface area contributed by atoms with E-state index in [2.05, 4.69) is 15.9 Å². The van der Waals surface area contributed by atoms with E-state index in [0.29, 0.717) is 15.0 Å². The lowest BCUT2D eigenvalue weighted by Gasteiger charge is -2.07. The molecule has 0 bridgehead atoms. The monoisotopic (exact) mass is 416 g/mol. The second-order valence-corrected chi connectivity index (χ2v) is 7.23. The lowest BCUT2D eigenvalue weighted by Crippen LogP contribution is -2.07. The maximum Gasteiger partial charge on any atom is 0.306 e. The molecule has 0 aliphatic rings. The average molecular weight is 418 g/mol. The summed E-state index contributed by atoms with van der Waals surface area (Å²) < 4.78 is 11.7. The van der Waals surface area contributed by atoms with E-state index < -0.39 is 5.97 Å². The summed E-state index contributed by atoms with van der Waals surface area (Å²) in [7, 11) is 1.58. The van der Waals surface area contributed by atoms with Gasteiger partial charge in [-0.2, -0.15) is 0 Å². The van der Waals surface area contributed by atoms with Crippen molar-refractivity contribution in [3.63, 3.8) is 0 Å². The lowest BCUT2D eigenvalue weighted by molar-refractivity contribution is -0.144. The van der Waals surface area contributed by atoms with Crippen molar-refractivity contribution in [3.8, 4) is 5.75 Å². The quantitative estimate of drug-likeness (QED) is 0.476. The van der Waals surface area contributed by atoms with E-state index >= 15 is 0 Å².